The quantitative estimate of drug-likeness (QED) is 0.863. The number of hydrogen-bond acceptors (Lipinski definition) is 3. The molecule has 6 heteroatoms. The van der Waals surface area contributed by atoms with Crippen LogP contribution in [-0.4, -0.2) is 30.9 Å². The summed E-state index contributed by atoms with van der Waals surface area (Å²) < 4.78 is 0. The predicted octanol–water partition coefficient (Wildman–Crippen LogP) is 2.02. The van der Waals surface area contributed by atoms with E-state index in [1.165, 1.54) is 0 Å². The molecule has 2 aliphatic rings. The molecule has 2 heterocycles. The van der Waals surface area contributed by atoms with E-state index in [-0.39, 0.29) is 17.8 Å². The molecule has 0 unspecified atom stereocenters. The molecular formula is C17H13N3O3. The molecule has 4 rings (SSSR count). The molecule has 1 N–H and O–H groups in total. The maximum atomic E-state index is 12.6. The maximum absolute atomic E-state index is 12.6. The van der Waals surface area contributed by atoms with Gasteiger partial charge in [-0.15, -0.1) is 0 Å². The van der Waals surface area contributed by atoms with Crippen LogP contribution in [-0.2, 0) is 0 Å². The van der Waals surface area contributed by atoms with Gasteiger partial charge in [0.15, 0.2) is 0 Å². The highest BCUT2D eigenvalue weighted by Crippen LogP contribution is 2.35. The SMILES string of the molecule is O=C1NCCN1c1ccccc1N1C(=O)c2ccccc2C1=O. The Bertz CT molecular complexity index is 811. The van der Waals surface area contributed by atoms with Gasteiger partial charge in [-0.05, 0) is 24.3 Å². The minimum absolute atomic E-state index is 0.228. The molecule has 1 saturated heterocycles. The van der Waals surface area contributed by atoms with Gasteiger partial charge in [-0.25, -0.2) is 9.69 Å². The number of rotatable bonds is 2. The van der Waals surface area contributed by atoms with Gasteiger partial charge in [-0.2, -0.15) is 0 Å². The fourth-order valence-electron chi connectivity index (χ4n) is 2.99. The maximum Gasteiger partial charge on any atom is 0.322 e. The van der Waals surface area contributed by atoms with Gasteiger partial charge in [-0.1, -0.05) is 24.3 Å². The summed E-state index contributed by atoms with van der Waals surface area (Å²) in [6.45, 7) is 1.04. The lowest BCUT2D eigenvalue weighted by molar-refractivity contribution is 0.0926. The first kappa shape index (κ1) is 13.5. The summed E-state index contributed by atoms with van der Waals surface area (Å²) in [5.74, 6) is -0.727. The molecule has 2 aromatic carbocycles. The smallest absolute Gasteiger partial charge is 0.322 e. The van der Waals surface area contributed by atoms with Crippen LogP contribution < -0.4 is 15.1 Å². The molecular weight excluding hydrogens is 294 g/mol. The zero-order valence-corrected chi connectivity index (χ0v) is 12.2. The van der Waals surface area contributed by atoms with Crippen molar-refractivity contribution in [3.63, 3.8) is 0 Å². The van der Waals surface area contributed by atoms with Crippen molar-refractivity contribution in [2.45, 2.75) is 0 Å². The Balaban J connectivity index is 1.83. The number of nitrogens with zero attached hydrogens (tertiary/aromatic N) is 2. The Labute approximate surface area is 132 Å². The van der Waals surface area contributed by atoms with E-state index in [9.17, 15) is 14.4 Å². The molecule has 1 fully saturated rings. The van der Waals surface area contributed by atoms with E-state index in [1.54, 1.807) is 53.4 Å². The zero-order valence-electron chi connectivity index (χ0n) is 12.2. The van der Waals surface area contributed by atoms with Crippen LogP contribution in [0.3, 0.4) is 0 Å². The number of carbonyl (C=O) groups is 3. The van der Waals surface area contributed by atoms with Crippen molar-refractivity contribution in [1.29, 1.82) is 0 Å². The van der Waals surface area contributed by atoms with E-state index in [1.807, 2.05) is 0 Å². The number of fused-ring (bicyclic) bond motifs is 1. The Hall–Kier alpha value is -3.15. The third-order valence-corrected chi connectivity index (χ3v) is 4.06. The second-order valence-corrected chi connectivity index (χ2v) is 5.36. The molecule has 23 heavy (non-hydrogen) atoms. The first-order valence-electron chi connectivity index (χ1n) is 7.30. The van der Waals surface area contributed by atoms with Crippen LogP contribution in [0, 0.1) is 0 Å². The van der Waals surface area contributed by atoms with Crippen LogP contribution in [0.5, 0.6) is 0 Å². The molecule has 0 radical (unpaired) electrons. The molecule has 4 amide bonds. The summed E-state index contributed by atoms with van der Waals surface area (Å²) >= 11 is 0. The van der Waals surface area contributed by atoms with Crippen molar-refractivity contribution in [2.75, 3.05) is 22.9 Å². The molecule has 0 aliphatic carbocycles. The number of hydrogen-bond donors (Lipinski definition) is 1. The second-order valence-electron chi connectivity index (χ2n) is 5.36. The highest BCUT2D eigenvalue weighted by Gasteiger charge is 2.38. The molecule has 0 atom stereocenters. The van der Waals surface area contributed by atoms with Gasteiger partial charge in [0, 0.05) is 13.1 Å². The van der Waals surface area contributed by atoms with Crippen LogP contribution in [0.2, 0.25) is 0 Å². The zero-order chi connectivity index (χ0) is 16.0. The van der Waals surface area contributed by atoms with Crippen LogP contribution in [0.15, 0.2) is 48.5 Å². The topological polar surface area (TPSA) is 69.7 Å². The molecule has 6 nitrogen and oxygen atoms in total. The fourth-order valence-corrected chi connectivity index (χ4v) is 2.99. The minimum atomic E-state index is -0.363. The van der Waals surface area contributed by atoms with E-state index < -0.39 is 0 Å². The largest absolute Gasteiger partial charge is 0.336 e. The lowest BCUT2D eigenvalue weighted by Crippen LogP contribution is -2.34. The number of para-hydroxylation sites is 2. The highest BCUT2D eigenvalue weighted by atomic mass is 16.2. The normalized spacial score (nSPS) is 16.8. The van der Waals surface area contributed by atoms with Crippen molar-refractivity contribution < 1.29 is 14.4 Å². The average molecular weight is 307 g/mol. The summed E-state index contributed by atoms with van der Waals surface area (Å²) in [7, 11) is 0. The summed E-state index contributed by atoms with van der Waals surface area (Å²) in [5, 5.41) is 2.72. The van der Waals surface area contributed by atoms with Gasteiger partial charge < -0.3 is 5.32 Å². The highest BCUT2D eigenvalue weighted by molar-refractivity contribution is 6.35. The summed E-state index contributed by atoms with van der Waals surface area (Å²) in [6, 6.07) is 13.5. The number of carbonyl (C=O) groups excluding carboxylic acids is 3. The molecule has 114 valence electrons. The van der Waals surface area contributed by atoms with Crippen molar-refractivity contribution in [1.82, 2.24) is 5.32 Å². The van der Waals surface area contributed by atoms with Crippen LogP contribution >= 0.6 is 0 Å². The fraction of sp³-hybridized carbons (Fsp3) is 0.118. The monoisotopic (exact) mass is 307 g/mol. The van der Waals surface area contributed by atoms with Gasteiger partial charge >= 0.3 is 6.03 Å². The van der Waals surface area contributed by atoms with E-state index in [0.29, 0.717) is 35.6 Å². The molecule has 0 spiro atoms. The van der Waals surface area contributed by atoms with Gasteiger partial charge in [0.1, 0.15) is 0 Å². The van der Waals surface area contributed by atoms with E-state index >= 15 is 0 Å². The average Bonchev–Trinajstić information content (AvgIpc) is 3.10. The third-order valence-electron chi connectivity index (χ3n) is 4.06. The first-order chi connectivity index (χ1) is 11.2. The van der Waals surface area contributed by atoms with Gasteiger partial charge in [0.05, 0.1) is 22.5 Å². The number of anilines is 2. The Morgan fingerprint density at radius 1 is 0.783 bits per heavy atom. The second kappa shape index (κ2) is 4.95. The summed E-state index contributed by atoms with van der Waals surface area (Å²) in [4.78, 5) is 39.9. The van der Waals surface area contributed by atoms with Crippen molar-refractivity contribution in [3.8, 4) is 0 Å². The number of benzene rings is 2. The summed E-state index contributed by atoms with van der Waals surface area (Å²) in [6.07, 6.45) is 0. The molecule has 0 bridgehead atoms. The third kappa shape index (κ3) is 1.92. The lowest BCUT2D eigenvalue weighted by atomic mass is 10.1. The first-order valence-corrected chi connectivity index (χ1v) is 7.30. The van der Waals surface area contributed by atoms with Gasteiger partial charge in [-0.3, -0.25) is 14.5 Å². The minimum Gasteiger partial charge on any atom is -0.336 e. The number of nitrogens with one attached hydrogen (secondary N) is 1. The number of urea groups is 1. The van der Waals surface area contributed by atoms with Crippen molar-refractivity contribution >= 4 is 29.2 Å². The molecule has 2 aromatic rings. The van der Waals surface area contributed by atoms with Crippen LogP contribution in [0.25, 0.3) is 0 Å². The lowest BCUT2D eigenvalue weighted by Gasteiger charge is -2.23. The van der Waals surface area contributed by atoms with E-state index in [2.05, 4.69) is 5.32 Å². The number of amides is 4. The molecule has 0 saturated carbocycles. The van der Waals surface area contributed by atoms with Gasteiger partial charge in [0.2, 0.25) is 0 Å². The van der Waals surface area contributed by atoms with Crippen LogP contribution in [0.1, 0.15) is 20.7 Å². The van der Waals surface area contributed by atoms with Crippen molar-refractivity contribution in [2.24, 2.45) is 0 Å². The van der Waals surface area contributed by atoms with E-state index in [0.717, 1.165) is 4.90 Å². The standard InChI is InChI=1S/C17H13N3O3/c21-15-11-5-1-2-6-12(11)16(22)20(15)14-8-4-3-7-13(14)19-10-9-18-17(19)23/h1-8H,9-10H2,(H,18,23). The molecule has 0 aromatic heterocycles. The Morgan fingerprint density at radius 2 is 1.35 bits per heavy atom. The Kier molecular flexibility index (Phi) is 2.90. The predicted molar refractivity (Wildman–Crippen MR) is 84.8 cm³/mol. The summed E-state index contributed by atoms with van der Waals surface area (Å²) in [5.41, 5.74) is 1.75. The van der Waals surface area contributed by atoms with Crippen molar-refractivity contribution in [3.05, 3.63) is 59.7 Å². The van der Waals surface area contributed by atoms with Gasteiger partial charge in [0.25, 0.3) is 11.8 Å². The van der Waals surface area contributed by atoms with Crippen LogP contribution in [0.4, 0.5) is 16.2 Å². The van der Waals surface area contributed by atoms with E-state index in [4.69, 9.17) is 0 Å². The molecule has 2 aliphatic heterocycles. The Morgan fingerprint density at radius 3 is 1.91 bits per heavy atom. The number of imide groups is 1.